The second-order valence-electron chi connectivity index (χ2n) is 6.72. The highest BCUT2D eigenvalue weighted by molar-refractivity contribution is 5.84. The number of rotatable bonds is 6. The molecule has 1 N–H and O–H groups in total. The molecule has 1 atom stereocenters. The van der Waals surface area contributed by atoms with Crippen LogP contribution in [0, 0.1) is 0 Å². The van der Waals surface area contributed by atoms with Crippen LogP contribution >= 0.6 is 0 Å². The lowest BCUT2D eigenvalue weighted by atomic mass is 9.88. The molecule has 0 bridgehead atoms. The summed E-state index contributed by atoms with van der Waals surface area (Å²) in [5.74, 6) is -0.741. The summed E-state index contributed by atoms with van der Waals surface area (Å²) in [6.07, 6.45) is -0.0920. The minimum Gasteiger partial charge on any atom is -0.507 e. The third-order valence-corrected chi connectivity index (χ3v) is 4.42. The van der Waals surface area contributed by atoms with Crippen molar-refractivity contribution in [2.45, 2.75) is 32.3 Å². The molecule has 28 heavy (non-hydrogen) atoms. The van der Waals surface area contributed by atoms with Crippen LogP contribution in [0.1, 0.15) is 37.3 Å². The fourth-order valence-electron chi connectivity index (χ4n) is 3.14. The molecule has 0 aliphatic heterocycles. The number of benzene rings is 2. The number of hydrogen-bond donors (Lipinski definition) is 1. The van der Waals surface area contributed by atoms with Gasteiger partial charge in [-0.25, -0.2) is 4.79 Å². The van der Waals surface area contributed by atoms with Crippen LogP contribution in [0.5, 0.6) is 11.5 Å². The standard InChI is InChI=1S/C22H22O6/c1-13(2)27-15-10-8-14(9-11-15)17(12-19(23)26-3)20-21(24)16-6-4-5-7-18(16)28-22(20)25/h4-11,13,17,24H,12H2,1-3H3/t17-/m1/s1. The van der Waals surface area contributed by atoms with Crippen molar-refractivity contribution in [3.05, 3.63) is 70.1 Å². The molecule has 6 nitrogen and oxygen atoms in total. The topological polar surface area (TPSA) is 86.0 Å². The molecule has 0 fully saturated rings. The van der Waals surface area contributed by atoms with Crippen LogP contribution in [-0.2, 0) is 9.53 Å². The molecular weight excluding hydrogens is 360 g/mol. The number of carbonyl (C=O) groups excluding carboxylic acids is 1. The first-order chi connectivity index (χ1) is 13.4. The molecule has 0 amide bonds. The van der Waals surface area contributed by atoms with Crippen LogP contribution in [-0.4, -0.2) is 24.3 Å². The maximum atomic E-state index is 12.6. The molecule has 0 unspecified atom stereocenters. The molecule has 0 aliphatic carbocycles. The number of ether oxygens (including phenoxy) is 2. The Bertz CT molecular complexity index is 1030. The molecule has 6 heteroatoms. The van der Waals surface area contributed by atoms with Gasteiger partial charge in [-0.15, -0.1) is 0 Å². The molecular formula is C22H22O6. The third kappa shape index (κ3) is 4.01. The summed E-state index contributed by atoms with van der Waals surface area (Å²) in [6, 6.07) is 13.8. The quantitative estimate of drug-likeness (QED) is 0.513. The van der Waals surface area contributed by atoms with Crippen LogP contribution in [0.25, 0.3) is 11.0 Å². The number of methoxy groups -OCH3 is 1. The molecule has 0 spiro atoms. The monoisotopic (exact) mass is 382 g/mol. The zero-order chi connectivity index (χ0) is 20.3. The second-order valence-corrected chi connectivity index (χ2v) is 6.72. The van der Waals surface area contributed by atoms with Crippen molar-refractivity contribution in [3.8, 4) is 11.5 Å². The van der Waals surface area contributed by atoms with Crippen molar-refractivity contribution < 1.29 is 23.8 Å². The lowest BCUT2D eigenvalue weighted by Gasteiger charge is -2.18. The van der Waals surface area contributed by atoms with Gasteiger partial charge in [-0.1, -0.05) is 24.3 Å². The molecule has 146 valence electrons. The molecule has 0 saturated heterocycles. The van der Waals surface area contributed by atoms with E-state index in [0.717, 1.165) is 0 Å². The van der Waals surface area contributed by atoms with Gasteiger partial charge in [0, 0.05) is 5.92 Å². The molecule has 3 aromatic rings. The van der Waals surface area contributed by atoms with E-state index in [2.05, 4.69) is 0 Å². The molecule has 3 rings (SSSR count). The van der Waals surface area contributed by atoms with Gasteiger partial charge in [0.05, 0.1) is 30.6 Å². The number of hydrogen-bond acceptors (Lipinski definition) is 6. The molecule has 0 radical (unpaired) electrons. The van der Waals surface area contributed by atoms with Crippen LogP contribution in [0.15, 0.2) is 57.7 Å². The summed E-state index contributed by atoms with van der Waals surface area (Å²) in [5.41, 5.74) is 0.292. The maximum absolute atomic E-state index is 12.6. The van der Waals surface area contributed by atoms with E-state index in [1.165, 1.54) is 7.11 Å². The summed E-state index contributed by atoms with van der Waals surface area (Å²) >= 11 is 0. The number of fused-ring (bicyclic) bond motifs is 1. The molecule has 2 aromatic carbocycles. The Morgan fingerprint density at radius 1 is 1.11 bits per heavy atom. The molecule has 1 heterocycles. The normalized spacial score (nSPS) is 12.1. The summed E-state index contributed by atoms with van der Waals surface area (Å²) < 4.78 is 15.8. The van der Waals surface area contributed by atoms with E-state index in [4.69, 9.17) is 13.9 Å². The largest absolute Gasteiger partial charge is 0.507 e. The number of esters is 1. The van der Waals surface area contributed by atoms with Crippen molar-refractivity contribution in [3.63, 3.8) is 0 Å². The van der Waals surface area contributed by atoms with Gasteiger partial charge in [0.15, 0.2) is 0 Å². The van der Waals surface area contributed by atoms with Gasteiger partial charge in [-0.3, -0.25) is 4.79 Å². The number of aromatic hydroxyl groups is 1. The van der Waals surface area contributed by atoms with Crippen molar-refractivity contribution >= 4 is 16.9 Å². The Morgan fingerprint density at radius 2 is 1.79 bits per heavy atom. The van der Waals surface area contributed by atoms with E-state index in [1.54, 1.807) is 48.5 Å². The van der Waals surface area contributed by atoms with Gasteiger partial charge in [-0.05, 0) is 43.7 Å². The van der Waals surface area contributed by atoms with E-state index in [1.807, 2.05) is 13.8 Å². The van der Waals surface area contributed by atoms with Gasteiger partial charge in [0.2, 0.25) is 0 Å². The van der Waals surface area contributed by atoms with E-state index >= 15 is 0 Å². The first kappa shape index (κ1) is 19.5. The molecule has 1 aromatic heterocycles. The van der Waals surface area contributed by atoms with E-state index in [-0.39, 0.29) is 29.4 Å². The zero-order valence-electron chi connectivity index (χ0n) is 16.0. The summed E-state index contributed by atoms with van der Waals surface area (Å²) in [6.45, 7) is 3.85. The summed E-state index contributed by atoms with van der Waals surface area (Å²) in [5, 5.41) is 11.2. The van der Waals surface area contributed by atoms with Gasteiger partial charge < -0.3 is 19.0 Å². The minimum atomic E-state index is -0.721. The molecule has 0 saturated carbocycles. The summed E-state index contributed by atoms with van der Waals surface area (Å²) in [7, 11) is 1.28. The van der Waals surface area contributed by atoms with Crippen molar-refractivity contribution in [2.24, 2.45) is 0 Å². The van der Waals surface area contributed by atoms with Crippen LogP contribution < -0.4 is 10.4 Å². The van der Waals surface area contributed by atoms with Crippen molar-refractivity contribution in [2.75, 3.05) is 7.11 Å². The predicted octanol–water partition coefficient (Wildman–Crippen LogP) is 3.98. The van der Waals surface area contributed by atoms with E-state index < -0.39 is 17.5 Å². The average molecular weight is 382 g/mol. The number of carbonyl (C=O) groups is 1. The van der Waals surface area contributed by atoms with Gasteiger partial charge in [0.25, 0.3) is 0 Å². The second kappa shape index (κ2) is 8.17. The van der Waals surface area contributed by atoms with Crippen LogP contribution in [0.3, 0.4) is 0 Å². The third-order valence-electron chi connectivity index (χ3n) is 4.42. The lowest BCUT2D eigenvalue weighted by molar-refractivity contribution is -0.140. The number of para-hydroxylation sites is 1. The zero-order valence-corrected chi connectivity index (χ0v) is 16.0. The Labute approximate surface area is 162 Å². The van der Waals surface area contributed by atoms with E-state index in [0.29, 0.717) is 16.7 Å². The fourth-order valence-corrected chi connectivity index (χ4v) is 3.14. The maximum Gasteiger partial charge on any atom is 0.343 e. The Hall–Kier alpha value is -3.28. The van der Waals surface area contributed by atoms with Crippen LogP contribution in [0.4, 0.5) is 0 Å². The van der Waals surface area contributed by atoms with Crippen molar-refractivity contribution in [1.29, 1.82) is 0 Å². The average Bonchev–Trinajstić information content (AvgIpc) is 2.67. The van der Waals surface area contributed by atoms with Gasteiger partial charge in [-0.2, -0.15) is 0 Å². The highest BCUT2D eigenvalue weighted by Crippen LogP contribution is 2.36. The highest BCUT2D eigenvalue weighted by atomic mass is 16.5. The fraction of sp³-hybridized carbons (Fsp3) is 0.273. The first-order valence-electron chi connectivity index (χ1n) is 8.98. The highest BCUT2D eigenvalue weighted by Gasteiger charge is 2.27. The minimum absolute atomic E-state index is 0.0216. The van der Waals surface area contributed by atoms with E-state index in [9.17, 15) is 14.7 Å². The Morgan fingerprint density at radius 3 is 2.43 bits per heavy atom. The SMILES string of the molecule is COC(=O)C[C@H](c1ccc(OC(C)C)cc1)c1c(O)c2ccccc2oc1=O. The smallest absolute Gasteiger partial charge is 0.343 e. The Balaban J connectivity index is 2.12. The van der Waals surface area contributed by atoms with Gasteiger partial charge in [0.1, 0.15) is 17.1 Å². The first-order valence-corrected chi connectivity index (χ1v) is 8.98. The summed E-state index contributed by atoms with van der Waals surface area (Å²) in [4.78, 5) is 24.7. The molecule has 0 aliphatic rings. The lowest BCUT2D eigenvalue weighted by Crippen LogP contribution is -2.18. The van der Waals surface area contributed by atoms with Crippen molar-refractivity contribution in [1.82, 2.24) is 0 Å². The Kier molecular flexibility index (Phi) is 5.68. The predicted molar refractivity (Wildman–Crippen MR) is 105 cm³/mol. The van der Waals surface area contributed by atoms with Gasteiger partial charge >= 0.3 is 11.6 Å². The van der Waals surface area contributed by atoms with Crippen LogP contribution in [0.2, 0.25) is 0 Å².